The third-order valence-corrected chi connectivity index (χ3v) is 10.2. The van der Waals surface area contributed by atoms with Gasteiger partial charge in [0.05, 0.1) is 38.7 Å². The Labute approximate surface area is 260 Å². The third kappa shape index (κ3) is 2.56. The van der Waals surface area contributed by atoms with Gasteiger partial charge in [0, 0.05) is 44.1 Å². The lowest BCUT2D eigenvalue weighted by molar-refractivity contribution is 1.01. The minimum absolute atomic E-state index is 0.641. The third-order valence-electron chi connectivity index (χ3n) is 10.2. The van der Waals surface area contributed by atoms with E-state index in [0.717, 1.165) is 38.9 Å². The van der Waals surface area contributed by atoms with E-state index < -0.39 is 0 Å². The summed E-state index contributed by atoms with van der Waals surface area (Å²) in [6, 6.07) is 43.7. The molecule has 46 heavy (non-hydrogen) atoms. The molecule has 1 aliphatic carbocycles. The largest absolute Gasteiger partial charge is 0.308 e. The van der Waals surface area contributed by atoms with E-state index in [0.29, 0.717) is 5.95 Å². The molecule has 5 heterocycles. The summed E-state index contributed by atoms with van der Waals surface area (Å²) < 4.78 is 4.75. The van der Waals surface area contributed by atoms with Crippen molar-refractivity contribution in [2.75, 3.05) is 0 Å². The number of nitrogens with zero attached hydrogens (tertiary/aromatic N) is 5. The van der Waals surface area contributed by atoms with Gasteiger partial charge in [0.25, 0.3) is 0 Å². The standard InChI is InChI=1S/C41H21N5/c1-2-10-23-22(9-1)17-18-33-34(23)30-21-29-25-12-5-7-15-31(25)45-32-16-8-6-14-28(32)36(38(29)45)39(30)46(33)41-43-37-27-13-4-3-11-24(27)26-19-20-42-40(44-41)35(26)37/h1-21H. The zero-order valence-electron chi connectivity index (χ0n) is 24.4. The van der Waals surface area contributed by atoms with Crippen molar-refractivity contribution in [3.8, 4) is 28.3 Å². The molecule has 0 spiro atoms. The molecule has 5 nitrogen and oxygen atoms in total. The van der Waals surface area contributed by atoms with Gasteiger partial charge >= 0.3 is 0 Å². The molecule has 1 aliphatic rings. The Bertz CT molecular complexity index is 3140. The zero-order valence-corrected chi connectivity index (χ0v) is 24.4. The van der Waals surface area contributed by atoms with Crippen LogP contribution in [-0.2, 0) is 0 Å². The Hall–Kier alpha value is -6.33. The summed E-state index contributed by atoms with van der Waals surface area (Å²) in [5.41, 5.74) is 11.0. The quantitative estimate of drug-likeness (QED) is 0.193. The molecule has 210 valence electrons. The van der Waals surface area contributed by atoms with Crippen molar-refractivity contribution in [1.82, 2.24) is 23.9 Å². The van der Waals surface area contributed by atoms with Crippen LogP contribution in [0.4, 0.5) is 0 Å². The Balaban J connectivity index is 1.37. The summed E-state index contributed by atoms with van der Waals surface area (Å²) >= 11 is 0. The molecule has 0 amide bonds. The molecule has 6 aromatic carbocycles. The molecule has 5 heteroatoms. The number of benzene rings is 6. The monoisotopic (exact) mass is 583 g/mol. The predicted molar refractivity (Wildman–Crippen MR) is 188 cm³/mol. The maximum Gasteiger partial charge on any atom is 0.237 e. The number of fused-ring (bicyclic) bond motifs is 15. The molecule has 0 aliphatic heterocycles. The van der Waals surface area contributed by atoms with Crippen LogP contribution in [0.5, 0.6) is 0 Å². The molecule has 0 unspecified atom stereocenters. The van der Waals surface area contributed by atoms with Crippen LogP contribution in [-0.4, -0.2) is 23.9 Å². The highest BCUT2D eigenvalue weighted by Gasteiger charge is 2.28. The van der Waals surface area contributed by atoms with Crippen molar-refractivity contribution in [3.05, 3.63) is 128 Å². The van der Waals surface area contributed by atoms with Gasteiger partial charge in [-0.1, -0.05) is 91.0 Å². The van der Waals surface area contributed by atoms with Crippen LogP contribution in [0.2, 0.25) is 0 Å². The normalized spacial score (nSPS) is 12.8. The van der Waals surface area contributed by atoms with Gasteiger partial charge in [-0.15, -0.1) is 0 Å². The first-order chi connectivity index (χ1) is 22.8. The number of aromatic nitrogens is 5. The van der Waals surface area contributed by atoms with Crippen LogP contribution < -0.4 is 0 Å². The van der Waals surface area contributed by atoms with Gasteiger partial charge < -0.3 is 4.40 Å². The summed E-state index contributed by atoms with van der Waals surface area (Å²) in [4.78, 5) is 15.5. The first-order valence-corrected chi connectivity index (χ1v) is 15.6. The van der Waals surface area contributed by atoms with E-state index in [2.05, 4.69) is 130 Å². The minimum Gasteiger partial charge on any atom is -0.308 e. The topological polar surface area (TPSA) is 48.0 Å². The number of hydrogen-bond acceptors (Lipinski definition) is 3. The summed E-state index contributed by atoms with van der Waals surface area (Å²) in [5.74, 6) is 0.641. The smallest absolute Gasteiger partial charge is 0.237 e. The van der Waals surface area contributed by atoms with E-state index >= 15 is 0 Å². The minimum atomic E-state index is 0.641. The van der Waals surface area contributed by atoms with Crippen LogP contribution in [0, 0.1) is 0 Å². The number of pyridine rings is 1. The zero-order chi connectivity index (χ0) is 29.7. The van der Waals surface area contributed by atoms with Gasteiger partial charge in [-0.3, -0.25) is 4.57 Å². The van der Waals surface area contributed by atoms with E-state index in [9.17, 15) is 0 Å². The average molecular weight is 584 g/mol. The second-order valence-corrected chi connectivity index (χ2v) is 12.4. The molecule has 0 radical (unpaired) electrons. The molecule has 0 saturated carbocycles. The van der Waals surface area contributed by atoms with Crippen molar-refractivity contribution < 1.29 is 0 Å². The maximum atomic E-state index is 5.41. The van der Waals surface area contributed by atoms with Crippen molar-refractivity contribution in [2.24, 2.45) is 0 Å². The Morgan fingerprint density at radius 2 is 1.20 bits per heavy atom. The van der Waals surface area contributed by atoms with Gasteiger partial charge in [-0.2, -0.15) is 4.98 Å². The second-order valence-electron chi connectivity index (χ2n) is 12.4. The second kappa shape index (κ2) is 7.84. The van der Waals surface area contributed by atoms with Crippen LogP contribution in [0.1, 0.15) is 0 Å². The fraction of sp³-hybridized carbons (Fsp3) is 0. The lowest BCUT2D eigenvalue weighted by Gasteiger charge is -2.10. The average Bonchev–Trinajstić information content (AvgIpc) is 3.83. The van der Waals surface area contributed by atoms with E-state index in [1.54, 1.807) is 0 Å². The molecular weight excluding hydrogens is 562 g/mol. The summed E-state index contributed by atoms with van der Waals surface area (Å²) in [7, 11) is 0. The lowest BCUT2D eigenvalue weighted by Crippen LogP contribution is -2.03. The summed E-state index contributed by atoms with van der Waals surface area (Å²) in [6.07, 6.45) is 1.87. The molecule has 0 bridgehead atoms. The van der Waals surface area contributed by atoms with Crippen LogP contribution in [0.25, 0.3) is 110 Å². The Morgan fingerprint density at radius 1 is 0.457 bits per heavy atom. The Morgan fingerprint density at radius 3 is 2.09 bits per heavy atom. The molecule has 0 saturated heterocycles. The van der Waals surface area contributed by atoms with Gasteiger partial charge in [-0.05, 0) is 52.2 Å². The number of rotatable bonds is 1. The lowest BCUT2D eigenvalue weighted by atomic mass is 10.0. The van der Waals surface area contributed by atoms with Gasteiger partial charge in [0.15, 0.2) is 5.65 Å². The highest BCUT2D eigenvalue weighted by molar-refractivity contribution is 6.36. The fourth-order valence-corrected chi connectivity index (χ4v) is 8.47. The predicted octanol–water partition coefficient (Wildman–Crippen LogP) is 10.1. The molecule has 12 rings (SSSR count). The van der Waals surface area contributed by atoms with Gasteiger partial charge in [0.1, 0.15) is 0 Å². The van der Waals surface area contributed by atoms with Gasteiger partial charge in [-0.25, -0.2) is 9.97 Å². The molecule has 0 N–H and O–H groups in total. The van der Waals surface area contributed by atoms with Gasteiger partial charge in [0.2, 0.25) is 5.95 Å². The van der Waals surface area contributed by atoms with Crippen molar-refractivity contribution in [2.45, 2.75) is 0 Å². The van der Waals surface area contributed by atoms with E-state index in [-0.39, 0.29) is 0 Å². The number of hydrogen-bond donors (Lipinski definition) is 0. The van der Waals surface area contributed by atoms with E-state index in [1.165, 1.54) is 65.2 Å². The van der Waals surface area contributed by atoms with E-state index in [1.807, 2.05) is 6.20 Å². The van der Waals surface area contributed by atoms with Crippen LogP contribution in [0.15, 0.2) is 128 Å². The first-order valence-electron chi connectivity index (χ1n) is 15.6. The van der Waals surface area contributed by atoms with Crippen molar-refractivity contribution >= 4 is 81.7 Å². The molecule has 0 fully saturated rings. The summed E-state index contributed by atoms with van der Waals surface area (Å²) in [6.45, 7) is 0. The van der Waals surface area contributed by atoms with Crippen molar-refractivity contribution in [1.29, 1.82) is 0 Å². The van der Waals surface area contributed by atoms with E-state index in [4.69, 9.17) is 15.0 Å². The molecule has 11 aromatic rings. The molecule has 5 aromatic heterocycles. The Kier molecular flexibility index (Phi) is 3.94. The van der Waals surface area contributed by atoms with Crippen LogP contribution in [0.3, 0.4) is 0 Å². The number of para-hydroxylation sites is 2. The van der Waals surface area contributed by atoms with Crippen molar-refractivity contribution in [3.63, 3.8) is 0 Å². The molecular formula is C41H21N5. The SMILES string of the molecule is c1ccc2c(c1)-c1ccnc3nc(-n4c5ccc6ccccc6c5c5cc6c7ccccc7n7c8ccccc8c(c54)c67)nc-2c13. The first kappa shape index (κ1) is 23.1. The fourth-order valence-electron chi connectivity index (χ4n) is 8.47. The highest BCUT2D eigenvalue weighted by atomic mass is 15.2. The van der Waals surface area contributed by atoms with Crippen LogP contribution >= 0.6 is 0 Å². The highest BCUT2D eigenvalue weighted by Crippen LogP contribution is 2.49. The summed E-state index contributed by atoms with van der Waals surface area (Å²) in [5, 5.41) is 10.9. The molecule has 0 atom stereocenters. The maximum absolute atomic E-state index is 5.41.